The van der Waals surface area contributed by atoms with Gasteiger partial charge >= 0.3 is 0 Å². The number of hydrogen-bond donors (Lipinski definition) is 2. The van der Waals surface area contributed by atoms with Crippen molar-refractivity contribution in [1.82, 2.24) is 9.97 Å². The van der Waals surface area contributed by atoms with Gasteiger partial charge in [0, 0.05) is 22.3 Å². The first kappa shape index (κ1) is 19.6. The number of nitrogens with zero attached hydrogens (tertiary/aromatic N) is 2. The smallest absolute Gasteiger partial charge is 0.252 e. The second kappa shape index (κ2) is 9.71. The molecule has 1 aromatic heterocycles. The number of halogens is 1. The summed E-state index contributed by atoms with van der Waals surface area (Å²) in [7, 11) is 0. The third-order valence-corrected chi connectivity index (χ3v) is 4.26. The van der Waals surface area contributed by atoms with Gasteiger partial charge in [0.2, 0.25) is 5.95 Å². The molecule has 0 fully saturated rings. The first-order chi connectivity index (χ1) is 13.6. The van der Waals surface area contributed by atoms with Crippen molar-refractivity contribution in [3.05, 3.63) is 86.8 Å². The summed E-state index contributed by atoms with van der Waals surface area (Å²) in [5, 5.41) is 4.82. The molecule has 0 amide bonds. The number of anilines is 1. The van der Waals surface area contributed by atoms with Crippen LogP contribution < -0.4 is 15.7 Å². The van der Waals surface area contributed by atoms with Gasteiger partial charge < -0.3 is 4.74 Å². The van der Waals surface area contributed by atoms with E-state index in [0.29, 0.717) is 23.3 Å². The first-order valence-corrected chi connectivity index (χ1v) is 9.37. The fourth-order valence-corrected chi connectivity index (χ4v) is 2.76. The van der Waals surface area contributed by atoms with Crippen molar-refractivity contribution in [1.29, 1.82) is 0 Å². The quantitative estimate of drug-likeness (QED) is 0.437. The summed E-state index contributed by atoms with van der Waals surface area (Å²) in [5.74, 6) is 1.03. The fraction of sp³-hybridized carbons (Fsp3) is 0.190. The molecule has 144 valence electrons. The molecule has 0 unspecified atom stereocenters. The van der Waals surface area contributed by atoms with Crippen LogP contribution >= 0.6 is 11.6 Å². The molecule has 1 heterocycles. The number of aromatic nitrogens is 2. The van der Waals surface area contributed by atoms with Crippen LogP contribution in [0, 0.1) is 0 Å². The number of H-pyrrole nitrogens is 1. The maximum absolute atomic E-state index is 11.7. The van der Waals surface area contributed by atoms with Crippen LogP contribution in [0.25, 0.3) is 0 Å². The Kier molecular flexibility index (Phi) is 6.81. The van der Waals surface area contributed by atoms with E-state index in [4.69, 9.17) is 16.3 Å². The number of benzene rings is 2. The zero-order valence-corrected chi connectivity index (χ0v) is 16.2. The summed E-state index contributed by atoms with van der Waals surface area (Å²) in [4.78, 5) is 18.6. The molecule has 0 radical (unpaired) electrons. The van der Waals surface area contributed by atoms with Gasteiger partial charge in [0.15, 0.2) is 0 Å². The summed E-state index contributed by atoms with van der Waals surface area (Å²) in [6, 6.07) is 16.6. The monoisotopic (exact) mass is 396 g/mol. The Morgan fingerprint density at radius 2 is 2.07 bits per heavy atom. The van der Waals surface area contributed by atoms with Gasteiger partial charge in [0.25, 0.3) is 5.56 Å². The van der Waals surface area contributed by atoms with E-state index in [1.165, 1.54) is 6.07 Å². The minimum Gasteiger partial charge on any atom is -0.489 e. The van der Waals surface area contributed by atoms with E-state index >= 15 is 0 Å². The maximum Gasteiger partial charge on any atom is 0.252 e. The van der Waals surface area contributed by atoms with Crippen molar-refractivity contribution in [3.63, 3.8) is 0 Å². The summed E-state index contributed by atoms with van der Waals surface area (Å²) in [6.45, 7) is 2.42. The molecule has 2 N–H and O–H groups in total. The molecule has 0 aliphatic heterocycles. The lowest BCUT2D eigenvalue weighted by atomic mass is 10.2. The van der Waals surface area contributed by atoms with Crippen molar-refractivity contribution < 1.29 is 4.74 Å². The third-order valence-electron chi connectivity index (χ3n) is 3.90. The molecule has 0 saturated carbocycles. The Balaban J connectivity index is 1.63. The number of hydrogen-bond acceptors (Lipinski definition) is 5. The molecule has 6 nitrogen and oxygen atoms in total. The van der Waals surface area contributed by atoms with Crippen LogP contribution in [0.2, 0.25) is 5.02 Å². The van der Waals surface area contributed by atoms with Gasteiger partial charge in [0.1, 0.15) is 12.4 Å². The molecule has 3 aromatic rings. The van der Waals surface area contributed by atoms with Crippen molar-refractivity contribution in [2.75, 3.05) is 5.43 Å². The lowest BCUT2D eigenvalue weighted by Crippen LogP contribution is -2.11. The first-order valence-electron chi connectivity index (χ1n) is 8.99. The Morgan fingerprint density at radius 1 is 1.21 bits per heavy atom. The second-order valence-corrected chi connectivity index (χ2v) is 6.57. The van der Waals surface area contributed by atoms with E-state index in [9.17, 15) is 4.79 Å². The molecule has 7 heteroatoms. The van der Waals surface area contributed by atoms with E-state index in [-0.39, 0.29) is 5.56 Å². The summed E-state index contributed by atoms with van der Waals surface area (Å²) in [6.07, 6.45) is 3.29. The van der Waals surface area contributed by atoms with Crippen molar-refractivity contribution in [3.8, 4) is 5.75 Å². The minimum absolute atomic E-state index is 0.203. The Bertz CT molecular complexity index is 1020. The van der Waals surface area contributed by atoms with Crippen LogP contribution in [0.1, 0.15) is 30.2 Å². The zero-order valence-electron chi connectivity index (χ0n) is 15.5. The predicted octanol–water partition coefficient (Wildman–Crippen LogP) is 4.40. The van der Waals surface area contributed by atoms with Crippen molar-refractivity contribution >= 4 is 23.8 Å². The van der Waals surface area contributed by atoms with Gasteiger partial charge in [-0.05, 0) is 30.2 Å². The van der Waals surface area contributed by atoms with Gasteiger partial charge in [-0.2, -0.15) is 5.10 Å². The number of aryl methyl sites for hydroxylation is 1. The van der Waals surface area contributed by atoms with E-state index in [2.05, 4.69) is 20.5 Å². The molecule has 0 aliphatic carbocycles. The van der Waals surface area contributed by atoms with E-state index in [1.807, 2.05) is 55.5 Å². The van der Waals surface area contributed by atoms with Gasteiger partial charge in [0.05, 0.1) is 6.21 Å². The summed E-state index contributed by atoms with van der Waals surface area (Å²) in [5.41, 5.74) is 5.06. The molecule has 0 atom stereocenters. The maximum atomic E-state index is 11.7. The molecule has 3 rings (SSSR count). The van der Waals surface area contributed by atoms with Gasteiger partial charge in [-0.25, -0.2) is 10.4 Å². The molecule has 0 saturated heterocycles. The van der Waals surface area contributed by atoms with Crippen LogP contribution in [0.15, 0.2) is 64.5 Å². The third kappa shape index (κ3) is 5.69. The number of ether oxygens (including phenoxy) is 1. The zero-order chi connectivity index (χ0) is 19.8. The van der Waals surface area contributed by atoms with Crippen LogP contribution in [-0.4, -0.2) is 16.2 Å². The molecule has 0 bridgehead atoms. The van der Waals surface area contributed by atoms with Crippen molar-refractivity contribution in [2.24, 2.45) is 5.10 Å². The summed E-state index contributed by atoms with van der Waals surface area (Å²) < 4.78 is 5.81. The number of hydrazone groups is 1. The van der Waals surface area contributed by atoms with E-state index in [1.54, 1.807) is 6.21 Å². The highest BCUT2D eigenvalue weighted by Crippen LogP contribution is 2.19. The average molecular weight is 397 g/mol. The Morgan fingerprint density at radius 3 is 2.89 bits per heavy atom. The number of nitrogens with one attached hydrogen (secondary N) is 2. The molecular formula is C21H21ClN4O2. The van der Waals surface area contributed by atoms with Gasteiger partial charge in [-0.15, -0.1) is 0 Å². The molecule has 0 spiro atoms. The van der Waals surface area contributed by atoms with E-state index in [0.717, 1.165) is 29.7 Å². The average Bonchev–Trinajstić information content (AvgIpc) is 2.68. The fourth-order valence-electron chi connectivity index (χ4n) is 2.57. The molecule has 28 heavy (non-hydrogen) atoms. The van der Waals surface area contributed by atoms with Gasteiger partial charge in [-0.3, -0.25) is 9.78 Å². The van der Waals surface area contributed by atoms with Crippen LogP contribution in [0.3, 0.4) is 0 Å². The molecular weight excluding hydrogens is 376 g/mol. The normalized spacial score (nSPS) is 10.9. The highest BCUT2D eigenvalue weighted by molar-refractivity contribution is 6.31. The second-order valence-electron chi connectivity index (χ2n) is 6.16. The number of rotatable bonds is 8. The van der Waals surface area contributed by atoms with Gasteiger partial charge in [-0.1, -0.05) is 55.3 Å². The minimum atomic E-state index is -0.203. The topological polar surface area (TPSA) is 79.4 Å². The lowest BCUT2D eigenvalue weighted by Gasteiger charge is -2.08. The Labute approximate surface area is 168 Å². The largest absolute Gasteiger partial charge is 0.489 e. The van der Waals surface area contributed by atoms with Crippen LogP contribution in [0.4, 0.5) is 5.95 Å². The van der Waals surface area contributed by atoms with Crippen molar-refractivity contribution in [2.45, 2.75) is 26.4 Å². The van der Waals surface area contributed by atoms with Crippen LogP contribution in [0.5, 0.6) is 5.75 Å². The molecule has 2 aromatic carbocycles. The van der Waals surface area contributed by atoms with Crippen LogP contribution in [-0.2, 0) is 13.0 Å². The lowest BCUT2D eigenvalue weighted by molar-refractivity contribution is 0.306. The predicted molar refractivity (Wildman–Crippen MR) is 112 cm³/mol. The van der Waals surface area contributed by atoms with E-state index < -0.39 is 0 Å². The highest BCUT2D eigenvalue weighted by atomic mass is 35.5. The number of aromatic amines is 1. The highest BCUT2D eigenvalue weighted by Gasteiger charge is 2.02. The Hall–Kier alpha value is -3.12. The SMILES string of the molecule is CCCc1cc(=O)[nH]c(N/N=C/c2cccc(OCc3ccccc3Cl)c2)n1. The summed E-state index contributed by atoms with van der Waals surface area (Å²) >= 11 is 6.15. The standard InChI is InChI=1S/C21H21ClN4O2/c1-2-6-17-12-20(27)25-21(24-17)26-23-13-15-7-5-9-18(11-15)28-14-16-8-3-4-10-19(16)22/h3-5,7-13H,2,6,14H2,1H3,(H2,24,25,26,27)/b23-13+. The molecule has 0 aliphatic rings.